The van der Waals surface area contributed by atoms with Crippen LogP contribution in [-0.2, 0) is 9.57 Å². The van der Waals surface area contributed by atoms with Gasteiger partial charge < -0.3 is 18.7 Å². The number of oxime groups is 1. The molecule has 0 fully saturated rings. The number of ether oxygens (including phenoxy) is 2. The number of nitrogens with zero attached hydrogens (tertiary/aromatic N) is 1. The van der Waals surface area contributed by atoms with Crippen molar-refractivity contribution in [2.45, 2.75) is 0 Å². The van der Waals surface area contributed by atoms with Gasteiger partial charge in [0.25, 0.3) is 0 Å². The Labute approximate surface area is 115 Å². The van der Waals surface area contributed by atoms with Gasteiger partial charge in [-0.3, -0.25) is 0 Å². The van der Waals surface area contributed by atoms with Gasteiger partial charge in [0.05, 0.1) is 18.7 Å². The lowest BCUT2D eigenvalue weighted by molar-refractivity contribution is 0.0515. The lowest BCUT2D eigenvalue weighted by Crippen LogP contribution is -2.02. The zero-order valence-electron chi connectivity index (χ0n) is 11.1. The molecule has 6 heteroatoms. The average Bonchev–Trinajstić information content (AvgIpc) is 2.98. The third-order valence-corrected chi connectivity index (χ3v) is 2.56. The van der Waals surface area contributed by atoms with E-state index in [9.17, 15) is 4.39 Å². The highest BCUT2D eigenvalue weighted by atomic mass is 19.1. The van der Waals surface area contributed by atoms with Crippen molar-refractivity contribution in [1.29, 1.82) is 0 Å². The normalized spacial score (nSPS) is 10.9. The Morgan fingerprint density at radius 3 is 2.85 bits per heavy atom. The van der Waals surface area contributed by atoms with Gasteiger partial charge in [-0.1, -0.05) is 5.16 Å². The molecular formula is C14H14FNO4. The van der Waals surface area contributed by atoms with Crippen LogP contribution in [0.15, 0.2) is 40.3 Å². The second-order valence-electron chi connectivity index (χ2n) is 3.85. The fourth-order valence-corrected chi connectivity index (χ4v) is 1.66. The molecule has 106 valence electrons. The molecule has 1 aromatic heterocycles. The van der Waals surface area contributed by atoms with Crippen LogP contribution >= 0.6 is 0 Å². The Bertz CT molecular complexity index is 581. The van der Waals surface area contributed by atoms with Crippen molar-refractivity contribution in [3.63, 3.8) is 0 Å². The van der Waals surface area contributed by atoms with Gasteiger partial charge in [-0.2, -0.15) is 0 Å². The number of hydrogen-bond donors (Lipinski definition) is 0. The first-order valence-corrected chi connectivity index (χ1v) is 5.80. The molecule has 0 radical (unpaired) electrons. The highest BCUT2D eigenvalue weighted by molar-refractivity contribution is 5.83. The van der Waals surface area contributed by atoms with E-state index >= 15 is 0 Å². The van der Waals surface area contributed by atoms with Crippen LogP contribution in [-0.4, -0.2) is 27.2 Å². The van der Waals surface area contributed by atoms with Crippen molar-refractivity contribution >= 4 is 6.21 Å². The van der Waals surface area contributed by atoms with E-state index in [1.165, 1.54) is 45.1 Å². The van der Waals surface area contributed by atoms with Crippen LogP contribution in [0.4, 0.5) is 4.39 Å². The molecule has 5 nitrogen and oxygen atoms in total. The molecule has 0 saturated carbocycles. The molecule has 0 atom stereocenters. The first-order chi connectivity index (χ1) is 9.76. The highest BCUT2D eigenvalue weighted by Gasteiger charge is 2.13. The molecule has 0 spiro atoms. The maximum atomic E-state index is 14.0. The van der Waals surface area contributed by atoms with Crippen molar-refractivity contribution in [1.82, 2.24) is 0 Å². The molecule has 0 aliphatic carbocycles. The summed E-state index contributed by atoms with van der Waals surface area (Å²) in [6, 6.07) is 4.60. The molecule has 0 aliphatic heterocycles. The molecule has 1 aromatic carbocycles. The molecule has 2 rings (SSSR count). The monoisotopic (exact) mass is 279 g/mol. The number of furan rings is 1. The second kappa shape index (κ2) is 6.72. The number of halogens is 1. The summed E-state index contributed by atoms with van der Waals surface area (Å²) in [5.41, 5.74) is 1.54. The smallest absolute Gasteiger partial charge is 0.188 e. The first-order valence-electron chi connectivity index (χ1n) is 5.80. The van der Waals surface area contributed by atoms with Crippen molar-refractivity contribution in [2.24, 2.45) is 5.16 Å². The molecule has 0 bridgehead atoms. The Morgan fingerprint density at radius 2 is 2.20 bits per heavy atom. The van der Waals surface area contributed by atoms with E-state index in [0.717, 1.165) is 0 Å². The molecule has 1 heterocycles. The van der Waals surface area contributed by atoms with Crippen LogP contribution < -0.4 is 4.74 Å². The molecule has 20 heavy (non-hydrogen) atoms. The van der Waals surface area contributed by atoms with E-state index in [2.05, 4.69) is 9.99 Å². The van der Waals surface area contributed by atoms with Crippen molar-refractivity contribution in [3.05, 3.63) is 42.1 Å². The second-order valence-corrected chi connectivity index (χ2v) is 3.85. The standard InChI is InChI=1S/C14H14FNO4/c1-17-9-20-14-5-11(7-16-18-2)13(15)6-12(14)10-3-4-19-8-10/h3-8H,9H2,1-2H3. The fourth-order valence-electron chi connectivity index (χ4n) is 1.66. The summed E-state index contributed by atoms with van der Waals surface area (Å²) in [6.07, 6.45) is 4.29. The van der Waals surface area contributed by atoms with E-state index in [1.807, 2.05) is 0 Å². The Kier molecular flexibility index (Phi) is 4.73. The Morgan fingerprint density at radius 1 is 1.35 bits per heavy atom. The van der Waals surface area contributed by atoms with E-state index in [1.54, 1.807) is 6.07 Å². The summed E-state index contributed by atoms with van der Waals surface area (Å²) < 4.78 is 29.3. The van der Waals surface area contributed by atoms with Crippen LogP contribution in [0.25, 0.3) is 11.1 Å². The zero-order valence-corrected chi connectivity index (χ0v) is 11.1. The van der Waals surface area contributed by atoms with E-state index in [4.69, 9.17) is 13.9 Å². The molecule has 0 saturated heterocycles. The predicted octanol–water partition coefficient (Wildman–Crippen LogP) is 3.05. The summed E-state index contributed by atoms with van der Waals surface area (Å²) in [5, 5.41) is 3.55. The van der Waals surface area contributed by atoms with Crippen LogP contribution in [0.5, 0.6) is 5.75 Å². The number of benzene rings is 1. The average molecular weight is 279 g/mol. The van der Waals surface area contributed by atoms with Crippen LogP contribution in [0.3, 0.4) is 0 Å². The predicted molar refractivity (Wildman–Crippen MR) is 71.2 cm³/mol. The number of rotatable bonds is 6. The number of methoxy groups -OCH3 is 1. The van der Waals surface area contributed by atoms with Gasteiger partial charge in [-0.05, 0) is 18.2 Å². The van der Waals surface area contributed by atoms with Gasteiger partial charge in [-0.15, -0.1) is 0 Å². The summed E-state index contributed by atoms with van der Waals surface area (Å²) in [6.45, 7) is 0.0529. The molecular weight excluding hydrogens is 265 g/mol. The van der Waals surface area contributed by atoms with Gasteiger partial charge in [0.2, 0.25) is 0 Å². The van der Waals surface area contributed by atoms with Crippen molar-refractivity contribution in [3.8, 4) is 16.9 Å². The summed E-state index contributed by atoms with van der Waals surface area (Å²) in [4.78, 5) is 4.55. The van der Waals surface area contributed by atoms with Gasteiger partial charge in [0, 0.05) is 23.8 Å². The van der Waals surface area contributed by atoms with E-state index < -0.39 is 5.82 Å². The maximum absolute atomic E-state index is 14.0. The van der Waals surface area contributed by atoms with Crippen LogP contribution in [0, 0.1) is 5.82 Å². The van der Waals surface area contributed by atoms with Gasteiger partial charge in [-0.25, -0.2) is 4.39 Å². The van der Waals surface area contributed by atoms with Gasteiger partial charge in [0.15, 0.2) is 6.79 Å². The van der Waals surface area contributed by atoms with Gasteiger partial charge >= 0.3 is 0 Å². The third kappa shape index (κ3) is 3.16. The minimum atomic E-state index is -0.438. The topological polar surface area (TPSA) is 53.2 Å². The van der Waals surface area contributed by atoms with Crippen molar-refractivity contribution in [2.75, 3.05) is 21.0 Å². The minimum Gasteiger partial charge on any atom is -0.472 e. The molecule has 2 aromatic rings. The zero-order chi connectivity index (χ0) is 14.4. The van der Waals surface area contributed by atoms with Crippen LogP contribution in [0.2, 0.25) is 0 Å². The van der Waals surface area contributed by atoms with Crippen LogP contribution in [0.1, 0.15) is 5.56 Å². The molecule has 0 N–H and O–H groups in total. The number of hydrogen-bond acceptors (Lipinski definition) is 5. The minimum absolute atomic E-state index is 0.0529. The Balaban J connectivity index is 2.44. The quantitative estimate of drug-likeness (QED) is 0.463. The molecule has 0 amide bonds. The highest BCUT2D eigenvalue weighted by Crippen LogP contribution is 2.32. The van der Waals surface area contributed by atoms with Crippen molar-refractivity contribution < 1.29 is 23.1 Å². The third-order valence-electron chi connectivity index (χ3n) is 2.56. The SMILES string of the molecule is COCOc1cc(C=NOC)c(F)cc1-c1ccoc1. The maximum Gasteiger partial charge on any atom is 0.188 e. The Hall–Kier alpha value is -2.34. The van der Waals surface area contributed by atoms with E-state index in [0.29, 0.717) is 16.9 Å². The largest absolute Gasteiger partial charge is 0.472 e. The summed E-state index contributed by atoms with van der Waals surface area (Å²) in [7, 11) is 2.89. The fraction of sp³-hybridized carbons (Fsp3) is 0.214. The van der Waals surface area contributed by atoms with E-state index in [-0.39, 0.29) is 12.4 Å². The lowest BCUT2D eigenvalue weighted by atomic mass is 10.0. The first kappa shape index (κ1) is 14.1. The molecule has 0 aliphatic rings. The molecule has 0 unspecified atom stereocenters. The van der Waals surface area contributed by atoms with Gasteiger partial charge in [0.1, 0.15) is 18.7 Å². The lowest BCUT2D eigenvalue weighted by Gasteiger charge is -2.11. The summed E-state index contributed by atoms with van der Waals surface area (Å²) in [5.74, 6) is 0.0268. The summed E-state index contributed by atoms with van der Waals surface area (Å²) >= 11 is 0.